The lowest BCUT2D eigenvalue weighted by molar-refractivity contribution is 0.135. The van der Waals surface area contributed by atoms with E-state index in [2.05, 4.69) is 43.0 Å². The fourth-order valence-corrected chi connectivity index (χ4v) is 6.19. The highest BCUT2D eigenvalue weighted by Crippen LogP contribution is 2.24. The van der Waals surface area contributed by atoms with Gasteiger partial charge in [-0.15, -0.1) is 0 Å². The second-order valence-electron chi connectivity index (χ2n) is 12.5. The van der Waals surface area contributed by atoms with E-state index in [-0.39, 0.29) is 0 Å². The SMILES string of the molecule is CCCCCCCCCCCCCCCCCCN1C=CN(CCCCC)C1CCCCCCCCCC. The van der Waals surface area contributed by atoms with Crippen LogP contribution < -0.4 is 0 Å². The first kappa shape index (κ1) is 35.4. The molecule has 0 bridgehead atoms. The Morgan fingerprint density at radius 1 is 0.342 bits per heavy atom. The van der Waals surface area contributed by atoms with Crippen molar-refractivity contribution >= 4 is 0 Å². The molecule has 0 N–H and O–H groups in total. The fourth-order valence-electron chi connectivity index (χ4n) is 6.19. The van der Waals surface area contributed by atoms with Gasteiger partial charge in [-0.25, -0.2) is 0 Å². The normalized spacial score (nSPS) is 15.3. The molecule has 0 aromatic rings. The lowest BCUT2D eigenvalue weighted by Crippen LogP contribution is -2.39. The lowest BCUT2D eigenvalue weighted by atomic mass is 10.0. The highest BCUT2D eigenvalue weighted by Gasteiger charge is 2.24. The standard InChI is InChI=1S/C36H72N2/c1-4-7-10-12-14-16-17-18-19-20-21-22-23-25-27-30-33-38-35-34-37(32-29-9-6-3)36(38)31-28-26-24-15-13-11-8-5-2/h34-36H,4-33H2,1-3H3. The molecule has 226 valence electrons. The van der Waals surface area contributed by atoms with Gasteiger partial charge in [-0.3, -0.25) is 0 Å². The van der Waals surface area contributed by atoms with Crippen molar-refractivity contribution in [1.82, 2.24) is 9.80 Å². The van der Waals surface area contributed by atoms with Crippen LogP contribution >= 0.6 is 0 Å². The van der Waals surface area contributed by atoms with E-state index in [0.29, 0.717) is 6.17 Å². The van der Waals surface area contributed by atoms with Crippen molar-refractivity contribution < 1.29 is 0 Å². The monoisotopic (exact) mass is 533 g/mol. The van der Waals surface area contributed by atoms with E-state index >= 15 is 0 Å². The summed E-state index contributed by atoms with van der Waals surface area (Å²) >= 11 is 0. The van der Waals surface area contributed by atoms with Crippen molar-refractivity contribution in [3.05, 3.63) is 12.4 Å². The number of hydrogen-bond donors (Lipinski definition) is 0. The third-order valence-electron chi connectivity index (χ3n) is 8.82. The minimum absolute atomic E-state index is 0.642. The molecule has 38 heavy (non-hydrogen) atoms. The Hall–Kier alpha value is -0.660. The maximum absolute atomic E-state index is 2.69. The minimum atomic E-state index is 0.642. The fraction of sp³-hybridized carbons (Fsp3) is 0.944. The van der Waals surface area contributed by atoms with E-state index in [9.17, 15) is 0 Å². The zero-order valence-electron chi connectivity index (χ0n) is 26.8. The number of hydrogen-bond acceptors (Lipinski definition) is 2. The van der Waals surface area contributed by atoms with Gasteiger partial charge in [-0.1, -0.05) is 175 Å². The summed E-state index contributed by atoms with van der Waals surface area (Å²) in [7, 11) is 0. The van der Waals surface area contributed by atoms with Gasteiger partial charge in [0, 0.05) is 25.5 Å². The summed E-state index contributed by atoms with van der Waals surface area (Å²) in [6.07, 6.45) is 45.5. The molecule has 1 heterocycles. The van der Waals surface area contributed by atoms with Crippen molar-refractivity contribution in [1.29, 1.82) is 0 Å². The first-order chi connectivity index (χ1) is 18.8. The Morgan fingerprint density at radius 2 is 0.605 bits per heavy atom. The second kappa shape index (κ2) is 27.9. The molecule has 1 unspecified atom stereocenters. The van der Waals surface area contributed by atoms with Crippen LogP contribution in [0.1, 0.15) is 201 Å². The molecule has 0 aromatic heterocycles. The van der Waals surface area contributed by atoms with Gasteiger partial charge in [-0.2, -0.15) is 0 Å². The summed E-state index contributed by atoms with van der Waals surface area (Å²) in [5.41, 5.74) is 0. The van der Waals surface area contributed by atoms with E-state index in [4.69, 9.17) is 0 Å². The summed E-state index contributed by atoms with van der Waals surface area (Å²) in [5, 5.41) is 0. The quantitative estimate of drug-likeness (QED) is 0.0848. The molecule has 0 aromatic carbocycles. The molecule has 0 saturated carbocycles. The summed E-state index contributed by atoms with van der Waals surface area (Å²) in [4.78, 5) is 5.36. The third kappa shape index (κ3) is 20.3. The Morgan fingerprint density at radius 3 is 0.974 bits per heavy atom. The molecule has 1 aliphatic heterocycles. The minimum Gasteiger partial charge on any atom is -0.356 e. The van der Waals surface area contributed by atoms with Gasteiger partial charge < -0.3 is 9.80 Å². The van der Waals surface area contributed by atoms with Crippen molar-refractivity contribution in [2.75, 3.05) is 13.1 Å². The molecule has 1 atom stereocenters. The zero-order valence-corrected chi connectivity index (χ0v) is 26.8. The Kier molecular flexibility index (Phi) is 26.0. The van der Waals surface area contributed by atoms with Crippen molar-refractivity contribution in [2.45, 2.75) is 207 Å². The third-order valence-corrected chi connectivity index (χ3v) is 8.82. The maximum atomic E-state index is 2.69. The average Bonchev–Trinajstić information content (AvgIpc) is 3.31. The van der Waals surface area contributed by atoms with Crippen molar-refractivity contribution in [2.24, 2.45) is 0 Å². The number of unbranched alkanes of at least 4 members (excludes halogenated alkanes) is 24. The molecule has 2 heteroatoms. The Bertz CT molecular complexity index is 488. The van der Waals surface area contributed by atoms with E-state index in [1.165, 1.54) is 193 Å². The molecule has 0 saturated heterocycles. The first-order valence-electron chi connectivity index (χ1n) is 18.0. The van der Waals surface area contributed by atoms with Crippen molar-refractivity contribution in [3.8, 4) is 0 Å². The van der Waals surface area contributed by atoms with Gasteiger partial charge in [-0.05, 0) is 25.7 Å². The molecular formula is C36H72N2. The molecule has 0 aliphatic carbocycles. The molecule has 0 fully saturated rings. The van der Waals surface area contributed by atoms with Crippen molar-refractivity contribution in [3.63, 3.8) is 0 Å². The molecular weight excluding hydrogens is 460 g/mol. The highest BCUT2D eigenvalue weighted by atomic mass is 15.4. The predicted octanol–water partition coefficient (Wildman–Crippen LogP) is 12.4. The van der Waals surface area contributed by atoms with Gasteiger partial charge >= 0.3 is 0 Å². The summed E-state index contributed by atoms with van der Waals surface area (Å²) in [5.74, 6) is 0. The van der Waals surface area contributed by atoms with E-state index < -0.39 is 0 Å². The Balaban J connectivity index is 2.06. The maximum Gasteiger partial charge on any atom is 0.101 e. The molecule has 0 radical (unpaired) electrons. The second-order valence-corrected chi connectivity index (χ2v) is 12.5. The van der Waals surface area contributed by atoms with Gasteiger partial charge in [0.2, 0.25) is 0 Å². The van der Waals surface area contributed by atoms with Crippen LogP contribution in [0.3, 0.4) is 0 Å². The van der Waals surface area contributed by atoms with Crippen LogP contribution in [-0.4, -0.2) is 29.1 Å². The van der Waals surface area contributed by atoms with Crippen LogP contribution in [0.15, 0.2) is 12.4 Å². The average molecular weight is 533 g/mol. The van der Waals surface area contributed by atoms with Crippen LogP contribution in [0.5, 0.6) is 0 Å². The van der Waals surface area contributed by atoms with E-state index in [0.717, 1.165) is 0 Å². The number of rotatable bonds is 30. The van der Waals surface area contributed by atoms with Crippen LogP contribution in [0.4, 0.5) is 0 Å². The molecule has 0 spiro atoms. The Labute approximate surface area is 241 Å². The van der Waals surface area contributed by atoms with Crippen LogP contribution in [0.25, 0.3) is 0 Å². The zero-order chi connectivity index (χ0) is 27.4. The topological polar surface area (TPSA) is 6.48 Å². The number of nitrogens with zero attached hydrogens (tertiary/aromatic N) is 2. The van der Waals surface area contributed by atoms with Crippen LogP contribution in [0, 0.1) is 0 Å². The van der Waals surface area contributed by atoms with Crippen LogP contribution in [-0.2, 0) is 0 Å². The predicted molar refractivity (Wildman–Crippen MR) is 173 cm³/mol. The van der Waals surface area contributed by atoms with Gasteiger partial charge in [0.15, 0.2) is 0 Å². The largest absolute Gasteiger partial charge is 0.356 e. The molecule has 1 aliphatic rings. The van der Waals surface area contributed by atoms with Crippen LogP contribution in [0.2, 0.25) is 0 Å². The molecule has 1 rings (SSSR count). The summed E-state index contributed by atoms with van der Waals surface area (Å²) in [6, 6.07) is 0. The highest BCUT2D eigenvalue weighted by molar-refractivity contribution is 4.97. The summed E-state index contributed by atoms with van der Waals surface area (Å²) in [6.45, 7) is 9.46. The smallest absolute Gasteiger partial charge is 0.101 e. The lowest BCUT2D eigenvalue weighted by Gasteiger charge is -2.33. The molecule has 2 nitrogen and oxygen atoms in total. The van der Waals surface area contributed by atoms with E-state index in [1.54, 1.807) is 0 Å². The van der Waals surface area contributed by atoms with Gasteiger partial charge in [0.05, 0.1) is 0 Å². The summed E-state index contributed by atoms with van der Waals surface area (Å²) < 4.78 is 0. The first-order valence-corrected chi connectivity index (χ1v) is 18.0. The van der Waals surface area contributed by atoms with E-state index in [1.807, 2.05) is 0 Å². The molecule has 0 amide bonds. The van der Waals surface area contributed by atoms with Gasteiger partial charge in [0.25, 0.3) is 0 Å². The van der Waals surface area contributed by atoms with Gasteiger partial charge in [0.1, 0.15) is 6.17 Å².